The lowest BCUT2D eigenvalue weighted by Gasteiger charge is -2.08. The largest absolute Gasteiger partial charge is 0.397 e. The highest BCUT2D eigenvalue weighted by Crippen LogP contribution is 2.35. The number of rotatable bonds is 1. The van der Waals surface area contributed by atoms with Crippen LogP contribution in [0.1, 0.15) is 0 Å². The van der Waals surface area contributed by atoms with Gasteiger partial charge in [0.15, 0.2) is 0 Å². The average Bonchev–Trinajstić information content (AvgIpc) is 2.72. The van der Waals surface area contributed by atoms with Crippen LogP contribution in [0.25, 0.3) is 22.4 Å². The molecule has 0 radical (unpaired) electrons. The molecule has 5 heteroatoms. The third-order valence-electron chi connectivity index (χ3n) is 3.12. The number of nitrogen functional groups attached to an aromatic ring is 1. The fourth-order valence-electron chi connectivity index (χ4n) is 2.16. The van der Waals surface area contributed by atoms with Crippen molar-refractivity contribution < 1.29 is 0 Å². The molecule has 0 unspecified atom stereocenters. The van der Waals surface area contributed by atoms with Crippen LogP contribution in [0, 0.1) is 0 Å². The van der Waals surface area contributed by atoms with Crippen molar-refractivity contribution in [1.82, 2.24) is 9.55 Å². The molecule has 3 rings (SSSR count). The van der Waals surface area contributed by atoms with Gasteiger partial charge >= 0.3 is 0 Å². The standard InChI is InChI=1S/C14H11Br2N3/c1-19-12-5-3-2-4-11(12)18-14(19)9-6-8(15)7-10(16)13(9)17/h2-7H,17H2,1H3. The van der Waals surface area contributed by atoms with E-state index in [4.69, 9.17) is 5.73 Å². The molecule has 3 nitrogen and oxygen atoms in total. The van der Waals surface area contributed by atoms with Gasteiger partial charge in [0.05, 0.1) is 16.7 Å². The maximum absolute atomic E-state index is 6.15. The van der Waals surface area contributed by atoms with Gasteiger partial charge in [0.2, 0.25) is 0 Å². The quantitative estimate of drug-likeness (QED) is 0.638. The first-order valence-corrected chi connectivity index (χ1v) is 7.33. The van der Waals surface area contributed by atoms with Gasteiger partial charge in [0.25, 0.3) is 0 Å². The molecule has 0 fully saturated rings. The number of benzene rings is 2. The van der Waals surface area contributed by atoms with Crippen molar-refractivity contribution >= 4 is 48.6 Å². The molecule has 19 heavy (non-hydrogen) atoms. The molecule has 0 aliphatic carbocycles. The number of halogens is 2. The lowest BCUT2D eigenvalue weighted by atomic mass is 10.1. The number of nitrogens with zero attached hydrogens (tertiary/aromatic N) is 2. The Morgan fingerprint density at radius 1 is 1.16 bits per heavy atom. The molecule has 0 amide bonds. The van der Waals surface area contributed by atoms with E-state index in [1.165, 1.54) is 0 Å². The van der Waals surface area contributed by atoms with E-state index in [0.29, 0.717) is 5.69 Å². The first kappa shape index (κ1) is 12.7. The number of hydrogen-bond donors (Lipinski definition) is 1. The number of hydrogen-bond acceptors (Lipinski definition) is 2. The van der Waals surface area contributed by atoms with Gasteiger partial charge in [-0.1, -0.05) is 28.1 Å². The first-order valence-electron chi connectivity index (χ1n) is 5.74. The van der Waals surface area contributed by atoms with Crippen molar-refractivity contribution in [3.63, 3.8) is 0 Å². The van der Waals surface area contributed by atoms with Crippen molar-refractivity contribution in [2.24, 2.45) is 7.05 Å². The maximum atomic E-state index is 6.15. The summed E-state index contributed by atoms with van der Waals surface area (Å²) in [6.07, 6.45) is 0. The van der Waals surface area contributed by atoms with E-state index in [1.807, 2.05) is 37.4 Å². The molecular formula is C14H11Br2N3. The van der Waals surface area contributed by atoms with Crippen LogP contribution in [-0.2, 0) is 7.05 Å². The fourth-order valence-corrected chi connectivity index (χ4v) is 3.38. The van der Waals surface area contributed by atoms with Gasteiger partial charge in [-0.2, -0.15) is 0 Å². The van der Waals surface area contributed by atoms with Crippen molar-refractivity contribution in [3.05, 3.63) is 45.3 Å². The summed E-state index contributed by atoms with van der Waals surface area (Å²) < 4.78 is 3.89. The van der Waals surface area contributed by atoms with Gasteiger partial charge < -0.3 is 10.3 Å². The lowest BCUT2D eigenvalue weighted by molar-refractivity contribution is 0.959. The topological polar surface area (TPSA) is 43.8 Å². The molecule has 0 bridgehead atoms. The number of fused-ring (bicyclic) bond motifs is 1. The zero-order chi connectivity index (χ0) is 13.6. The summed E-state index contributed by atoms with van der Waals surface area (Å²) in [5, 5.41) is 0. The second-order valence-electron chi connectivity index (χ2n) is 4.33. The Kier molecular flexibility index (Phi) is 3.11. The summed E-state index contributed by atoms with van der Waals surface area (Å²) in [5.74, 6) is 0.862. The number of aryl methyl sites for hydroxylation is 1. The smallest absolute Gasteiger partial charge is 0.143 e. The van der Waals surface area contributed by atoms with E-state index in [-0.39, 0.29) is 0 Å². The van der Waals surface area contributed by atoms with E-state index >= 15 is 0 Å². The molecule has 0 spiro atoms. The van der Waals surface area contributed by atoms with Gasteiger partial charge in [-0.15, -0.1) is 0 Å². The van der Waals surface area contributed by atoms with Gasteiger partial charge in [-0.05, 0) is 40.2 Å². The van der Waals surface area contributed by atoms with Crippen molar-refractivity contribution in [2.45, 2.75) is 0 Å². The highest BCUT2D eigenvalue weighted by atomic mass is 79.9. The van der Waals surface area contributed by atoms with E-state index in [9.17, 15) is 0 Å². The number of nitrogens with two attached hydrogens (primary N) is 1. The number of imidazole rings is 1. The van der Waals surface area contributed by atoms with Gasteiger partial charge in [-0.25, -0.2) is 4.98 Å². The SMILES string of the molecule is Cn1c(-c2cc(Br)cc(Br)c2N)nc2ccccc21. The molecule has 2 aromatic carbocycles. The molecule has 1 heterocycles. The Morgan fingerprint density at radius 3 is 2.63 bits per heavy atom. The second kappa shape index (κ2) is 4.65. The first-order chi connectivity index (χ1) is 9.08. The third kappa shape index (κ3) is 2.07. The van der Waals surface area contributed by atoms with E-state index < -0.39 is 0 Å². The Bertz CT molecular complexity index is 778. The molecule has 1 aromatic heterocycles. The molecule has 0 atom stereocenters. The summed E-state index contributed by atoms with van der Waals surface area (Å²) in [6.45, 7) is 0. The molecule has 0 aliphatic rings. The predicted octanol–water partition coefficient (Wildman–Crippen LogP) is 4.35. The minimum Gasteiger partial charge on any atom is -0.397 e. The van der Waals surface area contributed by atoms with Crippen LogP contribution in [0.4, 0.5) is 5.69 Å². The van der Waals surface area contributed by atoms with Gasteiger partial charge in [0.1, 0.15) is 5.82 Å². The second-order valence-corrected chi connectivity index (χ2v) is 6.10. The van der Waals surface area contributed by atoms with Crippen LogP contribution in [0.15, 0.2) is 45.3 Å². The Morgan fingerprint density at radius 2 is 1.89 bits per heavy atom. The number of aromatic nitrogens is 2. The van der Waals surface area contributed by atoms with Crippen molar-refractivity contribution in [3.8, 4) is 11.4 Å². The highest BCUT2D eigenvalue weighted by Gasteiger charge is 2.14. The Labute approximate surface area is 127 Å². The molecule has 0 aliphatic heterocycles. The predicted molar refractivity (Wildman–Crippen MR) is 86.0 cm³/mol. The zero-order valence-corrected chi connectivity index (χ0v) is 13.4. The summed E-state index contributed by atoms with van der Waals surface area (Å²) in [5.41, 5.74) is 9.82. The van der Waals surface area contributed by atoms with Gasteiger partial charge in [0, 0.05) is 21.6 Å². The summed E-state index contributed by atoms with van der Waals surface area (Å²) in [4.78, 5) is 4.67. The van der Waals surface area contributed by atoms with Gasteiger partial charge in [-0.3, -0.25) is 0 Å². The molecule has 2 N–H and O–H groups in total. The van der Waals surface area contributed by atoms with Crippen LogP contribution in [0.5, 0.6) is 0 Å². The number of anilines is 1. The molecular weight excluding hydrogens is 370 g/mol. The molecule has 96 valence electrons. The van der Waals surface area contributed by atoms with Crippen LogP contribution < -0.4 is 5.73 Å². The minimum atomic E-state index is 0.696. The Balaban J connectivity index is 2.33. The lowest BCUT2D eigenvalue weighted by Crippen LogP contribution is -1.98. The van der Waals surface area contributed by atoms with Crippen LogP contribution in [0.2, 0.25) is 0 Å². The van der Waals surface area contributed by atoms with Crippen LogP contribution >= 0.6 is 31.9 Å². The van der Waals surface area contributed by atoms with Crippen LogP contribution in [0.3, 0.4) is 0 Å². The average molecular weight is 381 g/mol. The summed E-state index contributed by atoms with van der Waals surface area (Å²) >= 11 is 6.96. The van der Waals surface area contributed by atoms with E-state index in [2.05, 4.69) is 47.5 Å². The molecule has 0 saturated carbocycles. The van der Waals surface area contributed by atoms with E-state index in [1.54, 1.807) is 0 Å². The fraction of sp³-hybridized carbons (Fsp3) is 0.0714. The van der Waals surface area contributed by atoms with Crippen LogP contribution in [-0.4, -0.2) is 9.55 Å². The monoisotopic (exact) mass is 379 g/mol. The van der Waals surface area contributed by atoms with Crippen molar-refractivity contribution in [2.75, 3.05) is 5.73 Å². The summed E-state index contributed by atoms with van der Waals surface area (Å²) in [7, 11) is 2.00. The summed E-state index contributed by atoms with van der Waals surface area (Å²) in [6, 6.07) is 12.0. The number of para-hydroxylation sites is 2. The highest BCUT2D eigenvalue weighted by molar-refractivity contribution is 9.11. The van der Waals surface area contributed by atoms with Crippen molar-refractivity contribution in [1.29, 1.82) is 0 Å². The molecule has 3 aromatic rings. The maximum Gasteiger partial charge on any atom is 0.143 e. The van der Waals surface area contributed by atoms with E-state index in [0.717, 1.165) is 31.4 Å². The Hall–Kier alpha value is -1.33. The minimum absolute atomic E-state index is 0.696. The zero-order valence-electron chi connectivity index (χ0n) is 10.2. The molecule has 0 saturated heterocycles. The normalized spacial score (nSPS) is 11.1. The third-order valence-corrected chi connectivity index (χ3v) is 4.24.